The summed E-state index contributed by atoms with van der Waals surface area (Å²) in [6.45, 7) is 0.304. The predicted octanol–water partition coefficient (Wildman–Crippen LogP) is -1.51. The Bertz CT molecular complexity index is 312. The van der Waals surface area contributed by atoms with Gasteiger partial charge in [-0.2, -0.15) is 8.42 Å². The van der Waals surface area contributed by atoms with E-state index in [9.17, 15) is 13.5 Å². The summed E-state index contributed by atoms with van der Waals surface area (Å²) >= 11 is 0. The highest BCUT2D eigenvalue weighted by Crippen LogP contribution is 2.29. The Labute approximate surface area is 81.9 Å². The topological polar surface area (TPSA) is 82.1 Å². The molecule has 2 aliphatic rings. The number of hydrogen-bond donors (Lipinski definition) is 1. The highest BCUT2D eigenvalue weighted by Gasteiger charge is 2.48. The van der Waals surface area contributed by atoms with Crippen LogP contribution in [0.5, 0.6) is 0 Å². The lowest BCUT2D eigenvalue weighted by Crippen LogP contribution is -2.33. The van der Waals surface area contributed by atoms with Gasteiger partial charge in [0, 0.05) is 0 Å². The molecule has 2 aliphatic heterocycles. The standard InChI is InChI=1S/C7H12O6S/c1-14(9,10)13-5-3-12-6-4(8)2-11-7(5)6/h4-8H,2-3H2,1H3/t4-,5-,6+,7+/m0/s1. The van der Waals surface area contributed by atoms with Gasteiger partial charge in [-0.1, -0.05) is 0 Å². The number of hydrogen-bond acceptors (Lipinski definition) is 6. The molecule has 0 amide bonds. The zero-order valence-electron chi connectivity index (χ0n) is 7.62. The summed E-state index contributed by atoms with van der Waals surface area (Å²) < 4.78 is 36.9. The van der Waals surface area contributed by atoms with Crippen molar-refractivity contribution in [3.8, 4) is 0 Å². The van der Waals surface area contributed by atoms with Gasteiger partial charge in [-0.05, 0) is 0 Å². The normalized spacial score (nSPS) is 42.7. The van der Waals surface area contributed by atoms with E-state index in [1.807, 2.05) is 0 Å². The van der Waals surface area contributed by atoms with Crippen LogP contribution in [0.2, 0.25) is 0 Å². The molecule has 0 unspecified atom stereocenters. The van der Waals surface area contributed by atoms with Gasteiger partial charge < -0.3 is 14.6 Å². The molecule has 14 heavy (non-hydrogen) atoms. The van der Waals surface area contributed by atoms with Crippen LogP contribution < -0.4 is 0 Å². The van der Waals surface area contributed by atoms with Crippen LogP contribution in [-0.2, 0) is 23.8 Å². The Hall–Kier alpha value is -0.210. The van der Waals surface area contributed by atoms with E-state index in [-0.39, 0.29) is 13.2 Å². The van der Waals surface area contributed by atoms with Crippen molar-refractivity contribution in [3.63, 3.8) is 0 Å². The summed E-state index contributed by atoms with van der Waals surface area (Å²) in [4.78, 5) is 0. The third-order valence-electron chi connectivity index (χ3n) is 2.28. The van der Waals surface area contributed by atoms with Crippen LogP contribution in [-0.4, -0.2) is 57.4 Å². The predicted molar refractivity (Wildman–Crippen MR) is 45.2 cm³/mol. The zero-order chi connectivity index (χ0) is 10.3. The second kappa shape index (κ2) is 3.42. The monoisotopic (exact) mass is 224 g/mol. The molecule has 2 heterocycles. The van der Waals surface area contributed by atoms with E-state index in [0.29, 0.717) is 0 Å². The fourth-order valence-electron chi connectivity index (χ4n) is 1.75. The minimum atomic E-state index is -3.51. The molecule has 82 valence electrons. The molecular weight excluding hydrogens is 212 g/mol. The smallest absolute Gasteiger partial charge is 0.264 e. The second-order valence-electron chi connectivity index (χ2n) is 3.50. The third-order valence-corrected chi connectivity index (χ3v) is 2.88. The largest absolute Gasteiger partial charge is 0.388 e. The molecule has 2 saturated heterocycles. The molecule has 7 heteroatoms. The molecule has 0 radical (unpaired) electrons. The van der Waals surface area contributed by atoms with Crippen LogP contribution in [0.15, 0.2) is 0 Å². The first-order valence-corrected chi connectivity index (χ1v) is 6.08. The Kier molecular flexibility index (Phi) is 2.52. The number of ether oxygens (including phenoxy) is 2. The highest BCUT2D eigenvalue weighted by molar-refractivity contribution is 7.86. The Morgan fingerprint density at radius 2 is 1.93 bits per heavy atom. The molecule has 0 aliphatic carbocycles. The molecule has 6 nitrogen and oxygen atoms in total. The van der Waals surface area contributed by atoms with Crippen LogP contribution in [0.1, 0.15) is 0 Å². The van der Waals surface area contributed by atoms with E-state index >= 15 is 0 Å². The van der Waals surface area contributed by atoms with Gasteiger partial charge in [0.05, 0.1) is 19.5 Å². The Morgan fingerprint density at radius 1 is 1.29 bits per heavy atom. The van der Waals surface area contributed by atoms with Crippen molar-refractivity contribution < 1.29 is 27.2 Å². The summed E-state index contributed by atoms with van der Waals surface area (Å²) in [5, 5.41) is 9.36. The molecule has 1 N–H and O–H groups in total. The van der Waals surface area contributed by atoms with Crippen LogP contribution >= 0.6 is 0 Å². The first-order chi connectivity index (χ1) is 6.47. The average molecular weight is 224 g/mol. The molecular formula is C7H12O6S. The van der Waals surface area contributed by atoms with Crippen molar-refractivity contribution in [1.29, 1.82) is 0 Å². The van der Waals surface area contributed by atoms with Crippen LogP contribution in [0.3, 0.4) is 0 Å². The fourth-order valence-corrected chi connectivity index (χ4v) is 2.37. The van der Waals surface area contributed by atoms with Crippen molar-refractivity contribution in [1.82, 2.24) is 0 Å². The van der Waals surface area contributed by atoms with Gasteiger partial charge in [-0.25, -0.2) is 0 Å². The molecule has 0 spiro atoms. The lowest BCUT2D eigenvalue weighted by atomic mass is 10.1. The zero-order valence-corrected chi connectivity index (χ0v) is 8.44. The Balaban J connectivity index is 2.04. The first kappa shape index (κ1) is 10.3. The number of fused-ring (bicyclic) bond motifs is 1. The van der Waals surface area contributed by atoms with E-state index in [1.165, 1.54) is 0 Å². The summed E-state index contributed by atoms with van der Waals surface area (Å²) in [5.74, 6) is 0. The molecule has 0 saturated carbocycles. The van der Waals surface area contributed by atoms with E-state index in [2.05, 4.69) is 0 Å². The third kappa shape index (κ3) is 1.91. The van der Waals surface area contributed by atoms with Crippen molar-refractivity contribution in [2.24, 2.45) is 0 Å². The number of aliphatic hydroxyl groups is 1. The maximum atomic E-state index is 10.9. The SMILES string of the molecule is CS(=O)(=O)O[C@H]1CO[C@H]2[C@@H]1OC[C@@H]2O. The maximum absolute atomic E-state index is 10.9. The molecule has 2 rings (SSSR count). The average Bonchev–Trinajstić information content (AvgIpc) is 2.55. The van der Waals surface area contributed by atoms with Crippen LogP contribution in [0.25, 0.3) is 0 Å². The van der Waals surface area contributed by atoms with Crippen molar-refractivity contribution >= 4 is 10.1 Å². The summed E-state index contributed by atoms with van der Waals surface area (Å²) in [5.41, 5.74) is 0. The minimum Gasteiger partial charge on any atom is -0.388 e. The lowest BCUT2D eigenvalue weighted by molar-refractivity contribution is 0.00994. The van der Waals surface area contributed by atoms with E-state index in [4.69, 9.17) is 13.7 Å². The fraction of sp³-hybridized carbons (Fsp3) is 1.00. The maximum Gasteiger partial charge on any atom is 0.264 e. The Morgan fingerprint density at radius 3 is 2.57 bits per heavy atom. The van der Waals surface area contributed by atoms with Crippen molar-refractivity contribution in [2.75, 3.05) is 19.5 Å². The van der Waals surface area contributed by atoms with E-state index in [1.54, 1.807) is 0 Å². The highest BCUT2D eigenvalue weighted by atomic mass is 32.2. The van der Waals surface area contributed by atoms with Gasteiger partial charge >= 0.3 is 0 Å². The second-order valence-corrected chi connectivity index (χ2v) is 5.10. The molecule has 4 atom stereocenters. The van der Waals surface area contributed by atoms with Gasteiger partial charge in [0.1, 0.15) is 24.4 Å². The van der Waals surface area contributed by atoms with Gasteiger partial charge in [0.25, 0.3) is 10.1 Å². The van der Waals surface area contributed by atoms with E-state index in [0.717, 1.165) is 6.26 Å². The van der Waals surface area contributed by atoms with Crippen molar-refractivity contribution in [2.45, 2.75) is 24.4 Å². The van der Waals surface area contributed by atoms with Gasteiger partial charge in [-0.3, -0.25) is 4.18 Å². The molecule has 0 aromatic heterocycles. The van der Waals surface area contributed by atoms with Crippen LogP contribution in [0.4, 0.5) is 0 Å². The lowest BCUT2D eigenvalue weighted by Gasteiger charge is -2.14. The van der Waals surface area contributed by atoms with Gasteiger partial charge in [-0.15, -0.1) is 0 Å². The van der Waals surface area contributed by atoms with Crippen LogP contribution in [0, 0.1) is 0 Å². The molecule has 2 fully saturated rings. The molecule has 0 bridgehead atoms. The quantitative estimate of drug-likeness (QED) is 0.574. The summed E-state index contributed by atoms with van der Waals surface area (Å²) in [6, 6.07) is 0. The summed E-state index contributed by atoms with van der Waals surface area (Å²) in [7, 11) is -3.51. The van der Waals surface area contributed by atoms with Crippen molar-refractivity contribution in [3.05, 3.63) is 0 Å². The number of aliphatic hydroxyl groups excluding tert-OH is 1. The molecule has 0 aromatic rings. The van der Waals surface area contributed by atoms with Gasteiger partial charge in [0.15, 0.2) is 0 Å². The molecule has 0 aromatic carbocycles. The van der Waals surface area contributed by atoms with E-state index < -0.39 is 34.5 Å². The summed E-state index contributed by atoms with van der Waals surface area (Å²) in [6.07, 6.45) is -1.27. The minimum absolute atomic E-state index is 0.138. The first-order valence-electron chi connectivity index (χ1n) is 4.27. The number of rotatable bonds is 2. The van der Waals surface area contributed by atoms with Gasteiger partial charge in [0.2, 0.25) is 0 Å².